The molecule has 0 radical (unpaired) electrons. The van der Waals surface area contributed by atoms with Gasteiger partial charge in [0.25, 0.3) is 5.69 Å². The Kier molecular flexibility index (Phi) is 4.75. The molecule has 0 bridgehead atoms. The highest BCUT2D eigenvalue weighted by atomic mass is 16.6. The van der Waals surface area contributed by atoms with Gasteiger partial charge in [0.1, 0.15) is 6.04 Å². The zero-order valence-corrected chi connectivity index (χ0v) is 12.5. The zero-order chi connectivity index (χ0) is 16.3. The first-order valence-corrected chi connectivity index (χ1v) is 7.06. The second-order valence-electron chi connectivity index (χ2n) is 5.36. The van der Waals surface area contributed by atoms with Crippen molar-refractivity contribution >= 4 is 17.6 Å². The van der Waals surface area contributed by atoms with Gasteiger partial charge in [-0.15, -0.1) is 0 Å². The number of nitrogens with zero attached hydrogens (tertiary/aromatic N) is 2. The first-order chi connectivity index (χ1) is 10.4. The monoisotopic (exact) mass is 306 g/mol. The molecule has 1 aromatic rings. The molecule has 1 heterocycles. The summed E-state index contributed by atoms with van der Waals surface area (Å²) in [5.41, 5.74) is 0.905. The summed E-state index contributed by atoms with van der Waals surface area (Å²) in [5.74, 6) is -0.466. The van der Waals surface area contributed by atoms with E-state index >= 15 is 0 Å². The molecule has 1 aliphatic heterocycles. The maximum atomic E-state index is 12.0. The lowest BCUT2D eigenvalue weighted by molar-refractivity contribution is -0.384. The van der Waals surface area contributed by atoms with E-state index in [-0.39, 0.29) is 17.6 Å². The SMILES string of the molecule is COC(=O)C1CCC(=O)N1C(C)Cc1ccc([N+](=O)[O-])cc1. The number of methoxy groups -OCH3 is 1. The predicted octanol–water partition coefficient (Wildman–Crippen LogP) is 1.69. The van der Waals surface area contributed by atoms with E-state index in [0.29, 0.717) is 19.3 Å². The van der Waals surface area contributed by atoms with Gasteiger partial charge in [-0.05, 0) is 25.3 Å². The molecule has 1 aliphatic rings. The number of benzene rings is 1. The molecule has 2 unspecified atom stereocenters. The summed E-state index contributed by atoms with van der Waals surface area (Å²) in [4.78, 5) is 35.5. The number of nitro benzene ring substituents is 1. The van der Waals surface area contributed by atoms with Crippen molar-refractivity contribution in [2.75, 3.05) is 7.11 Å². The molecule has 1 amide bonds. The van der Waals surface area contributed by atoms with E-state index < -0.39 is 16.9 Å². The van der Waals surface area contributed by atoms with Crippen LogP contribution in [0.2, 0.25) is 0 Å². The largest absolute Gasteiger partial charge is 0.467 e. The Morgan fingerprint density at radius 1 is 1.45 bits per heavy atom. The average molecular weight is 306 g/mol. The van der Waals surface area contributed by atoms with Crippen LogP contribution in [-0.4, -0.2) is 40.9 Å². The number of nitro groups is 1. The average Bonchev–Trinajstić information content (AvgIpc) is 2.88. The lowest BCUT2D eigenvalue weighted by Crippen LogP contribution is -2.45. The van der Waals surface area contributed by atoms with Crippen LogP contribution in [0.3, 0.4) is 0 Å². The van der Waals surface area contributed by atoms with Gasteiger partial charge >= 0.3 is 5.97 Å². The first kappa shape index (κ1) is 15.9. The molecule has 0 spiro atoms. The van der Waals surface area contributed by atoms with Crippen LogP contribution in [0.4, 0.5) is 5.69 Å². The number of carbonyl (C=O) groups excluding carboxylic acids is 2. The standard InChI is InChI=1S/C15H18N2O5/c1-10(9-11-3-5-12(6-4-11)17(20)21)16-13(15(19)22-2)7-8-14(16)18/h3-6,10,13H,7-9H2,1-2H3. The Labute approximate surface area is 128 Å². The fourth-order valence-electron chi connectivity index (χ4n) is 2.82. The molecule has 0 aromatic heterocycles. The summed E-state index contributed by atoms with van der Waals surface area (Å²) in [7, 11) is 1.31. The number of hydrogen-bond acceptors (Lipinski definition) is 5. The molecule has 7 nitrogen and oxygen atoms in total. The molecule has 2 atom stereocenters. The molecule has 1 aromatic carbocycles. The highest BCUT2D eigenvalue weighted by Crippen LogP contribution is 2.24. The van der Waals surface area contributed by atoms with Gasteiger partial charge in [-0.3, -0.25) is 14.9 Å². The van der Waals surface area contributed by atoms with Crippen molar-refractivity contribution in [3.05, 3.63) is 39.9 Å². The summed E-state index contributed by atoms with van der Waals surface area (Å²) < 4.78 is 4.75. The number of non-ortho nitro benzene ring substituents is 1. The molecule has 0 saturated carbocycles. The number of rotatable bonds is 5. The van der Waals surface area contributed by atoms with E-state index in [1.807, 2.05) is 6.92 Å². The number of carbonyl (C=O) groups is 2. The smallest absolute Gasteiger partial charge is 0.328 e. The van der Waals surface area contributed by atoms with E-state index in [4.69, 9.17) is 4.74 Å². The lowest BCUT2D eigenvalue weighted by atomic mass is 10.0. The van der Waals surface area contributed by atoms with Gasteiger partial charge in [0.05, 0.1) is 12.0 Å². The first-order valence-electron chi connectivity index (χ1n) is 7.06. The van der Waals surface area contributed by atoms with Crippen molar-refractivity contribution in [1.82, 2.24) is 4.90 Å². The minimum atomic E-state index is -0.537. The maximum absolute atomic E-state index is 12.0. The minimum absolute atomic E-state index is 0.0288. The van der Waals surface area contributed by atoms with E-state index in [9.17, 15) is 19.7 Å². The molecule has 22 heavy (non-hydrogen) atoms. The van der Waals surface area contributed by atoms with Gasteiger partial charge in [-0.25, -0.2) is 4.79 Å². The third-order valence-corrected chi connectivity index (χ3v) is 3.88. The number of ether oxygens (including phenoxy) is 1. The molecule has 0 N–H and O–H groups in total. The van der Waals surface area contributed by atoms with E-state index in [1.54, 1.807) is 17.0 Å². The van der Waals surface area contributed by atoms with Crippen molar-refractivity contribution < 1.29 is 19.2 Å². The van der Waals surface area contributed by atoms with Crippen LogP contribution >= 0.6 is 0 Å². The van der Waals surface area contributed by atoms with Crippen molar-refractivity contribution in [2.24, 2.45) is 0 Å². The Balaban J connectivity index is 2.09. The molecule has 7 heteroatoms. The Morgan fingerprint density at radius 3 is 2.64 bits per heavy atom. The Morgan fingerprint density at radius 2 is 2.09 bits per heavy atom. The summed E-state index contributed by atoms with van der Waals surface area (Å²) >= 11 is 0. The predicted molar refractivity (Wildman–Crippen MR) is 78.1 cm³/mol. The van der Waals surface area contributed by atoms with E-state index in [2.05, 4.69) is 0 Å². The third-order valence-electron chi connectivity index (χ3n) is 3.88. The zero-order valence-electron chi connectivity index (χ0n) is 12.5. The second kappa shape index (κ2) is 6.55. The number of esters is 1. The van der Waals surface area contributed by atoms with Crippen LogP contribution in [0.15, 0.2) is 24.3 Å². The van der Waals surface area contributed by atoms with Crippen LogP contribution in [0.5, 0.6) is 0 Å². The minimum Gasteiger partial charge on any atom is -0.467 e. The molecule has 2 rings (SSSR count). The van der Waals surface area contributed by atoms with Gasteiger partial charge in [-0.2, -0.15) is 0 Å². The summed E-state index contributed by atoms with van der Waals surface area (Å²) in [6.45, 7) is 1.86. The molecule has 1 saturated heterocycles. The van der Waals surface area contributed by atoms with Gasteiger partial charge in [-0.1, -0.05) is 12.1 Å². The fraction of sp³-hybridized carbons (Fsp3) is 0.467. The van der Waals surface area contributed by atoms with E-state index in [0.717, 1.165) is 5.56 Å². The molecular formula is C15H18N2O5. The fourth-order valence-corrected chi connectivity index (χ4v) is 2.82. The molecule has 1 fully saturated rings. The number of hydrogen-bond donors (Lipinski definition) is 0. The van der Waals surface area contributed by atoms with Gasteiger partial charge in [0.2, 0.25) is 5.91 Å². The van der Waals surface area contributed by atoms with Crippen molar-refractivity contribution in [3.8, 4) is 0 Å². The second-order valence-corrected chi connectivity index (χ2v) is 5.36. The highest BCUT2D eigenvalue weighted by Gasteiger charge is 2.39. The van der Waals surface area contributed by atoms with Crippen LogP contribution in [0, 0.1) is 10.1 Å². The van der Waals surface area contributed by atoms with E-state index in [1.165, 1.54) is 19.2 Å². The van der Waals surface area contributed by atoms with Crippen LogP contribution in [0.1, 0.15) is 25.3 Å². The number of amides is 1. The Hall–Kier alpha value is -2.44. The van der Waals surface area contributed by atoms with Crippen LogP contribution < -0.4 is 0 Å². The quantitative estimate of drug-likeness (QED) is 0.469. The molecule has 0 aliphatic carbocycles. The molecule has 118 valence electrons. The van der Waals surface area contributed by atoms with Crippen molar-refractivity contribution in [2.45, 2.75) is 38.3 Å². The van der Waals surface area contributed by atoms with Gasteiger partial charge in [0, 0.05) is 24.6 Å². The van der Waals surface area contributed by atoms with Gasteiger partial charge in [0.15, 0.2) is 0 Å². The van der Waals surface area contributed by atoms with Crippen molar-refractivity contribution in [3.63, 3.8) is 0 Å². The van der Waals surface area contributed by atoms with Crippen molar-refractivity contribution in [1.29, 1.82) is 0 Å². The highest BCUT2D eigenvalue weighted by molar-refractivity contribution is 5.88. The lowest BCUT2D eigenvalue weighted by Gasteiger charge is -2.29. The summed E-state index contributed by atoms with van der Waals surface area (Å²) in [6, 6.07) is 5.49. The third kappa shape index (κ3) is 3.24. The summed E-state index contributed by atoms with van der Waals surface area (Å²) in [6.07, 6.45) is 1.33. The Bertz CT molecular complexity index is 584. The molecular weight excluding hydrogens is 288 g/mol. The van der Waals surface area contributed by atoms with Crippen LogP contribution in [0.25, 0.3) is 0 Å². The maximum Gasteiger partial charge on any atom is 0.328 e. The number of likely N-dealkylation sites (tertiary alicyclic amines) is 1. The topological polar surface area (TPSA) is 89.8 Å². The summed E-state index contributed by atoms with van der Waals surface area (Å²) in [5, 5.41) is 10.6. The van der Waals surface area contributed by atoms with Gasteiger partial charge < -0.3 is 9.64 Å². The normalized spacial score (nSPS) is 19.1. The van der Waals surface area contributed by atoms with Crippen LogP contribution in [-0.2, 0) is 20.7 Å².